The van der Waals surface area contributed by atoms with Crippen molar-refractivity contribution in [1.29, 1.82) is 0 Å². The van der Waals surface area contributed by atoms with Crippen LogP contribution in [-0.4, -0.2) is 64.1 Å². The zero-order chi connectivity index (χ0) is 23.9. The average molecular weight is 474 g/mol. The number of rotatable bonds is 4. The van der Waals surface area contributed by atoms with Crippen molar-refractivity contribution >= 4 is 29.2 Å². The average Bonchev–Trinajstić information content (AvgIpc) is 2.85. The molecule has 176 valence electrons. The summed E-state index contributed by atoms with van der Waals surface area (Å²) in [5, 5.41) is 6.67. The first-order valence-corrected chi connectivity index (χ1v) is 11.9. The monoisotopic (exact) mass is 473 g/mol. The molecule has 0 saturated carbocycles. The Labute approximate surface area is 207 Å². The fourth-order valence-electron chi connectivity index (χ4n) is 4.29. The number of hydrogen-bond donors (Lipinski definition) is 2. The molecule has 0 atom stereocenters. The molecule has 0 aliphatic carbocycles. The molecule has 0 radical (unpaired) electrons. The van der Waals surface area contributed by atoms with Crippen LogP contribution in [-0.2, 0) is 0 Å². The molecular formula is C26H31N7S. The number of nitrogens with one attached hydrogen (secondary N) is 2. The zero-order valence-corrected chi connectivity index (χ0v) is 20.7. The Morgan fingerprint density at radius 2 is 1.41 bits per heavy atom. The second-order valence-electron chi connectivity index (χ2n) is 8.34. The molecule has 1 aromatic heterocycles. The predicted octanol–water partition coefficient (Wildman–Crippen LogP) is 3.77. The number of aliphatic imine (C=N–C) groups is 1. The molecule has 0 amide bonds. The van der Waals surface area contributed by atoms with Crippen molar-refractivity contribution in [2.45, 2.75) is 19.9 Å². The van der Waals surface area contributed by atoms with Gasteiger partial charge in [0.2, 0.25) is 11.9 Å². The Balaban J connectivity index is 1.54. The highest BCUT2D eigenvalue weighted by Crippen LogP contribution is 2.29. The Morgan fingerprint density at radius 3 is 1.91 bits per heavy atom. The van der Waals surface area contributed by atoms with E-state index in [9.17, 15) is 0 Å². The van der Waals surface area contributed by atoms with E-state index in [2.05, 4.69) is 96.1 Å². The van der Waals surface area contributed by atoms with E-state index in [1.54, 1.807) is 7.05 Å². The van der Waals surface area contributed by atoms with Gasteiger partial charge in [-0.25, -0.2) is 9.97 Å². The lowest BCUT2D eigenvalue weighted by molar-refractivity contribution is 0.150. The van der Waals surface area contributed by atoms with Gasteiger partial charge in [-0.1, -0.05) is 60.7 Å². The lowest BCUT2D eigenvalue weighted by Crippen LogP contribution is -2.52. The molecule has 0 unspecified atom stereocenters. The van der Waals surface area contributed by atoms with Crippen LogP contribution in [0.15, 0.2) is 71.7 Å². The normalized spacial score (nSPS) is 14.8. The highest BCUT2D eigenvalue weighted by molar-refractivity contribution is 7.80. The maximum absolute atomic E-state index is 5.34. The summed E-state index contributed by atoms with van der Waals surface area (Å²) in [6.45, 7) is 7.30. The summed E-state index contributed by atoms with van der Waals surface area (Å²) >= 11 is 5.34. The Morgan fingerprint density at radius 1 is 0.882 bits per heavy atom. The van der Waals surface area contributed by atoms with Crippen molar-refractivity contribution < 1.29 is 0 Å². The minimum Gasteiger partial charge on any atom is -0.364 e. The lowest BCUT2D eigenvalue weighted by atomic mass is 9.96. The minimum absolute atomic E-state index is 0.207. The molecule has 2 heterocycles. The van der Waals surface area contributed by atoms with Crippen LogP contribution in [0, 0.1) is 13.8 Å². The third-order valence-electron chi connectivity index (χ3n) is 5.84. The van der Waals surface area contributed by atoms with Crippen LogP contribution in [0.5, 0.6) is 0 Å². The predicted molar refractivity (Wildman–Crippen MR) is 142 cm³/mol. The summed E-state index contributed by atoms with van der Waals surface area (Å²) in [6, 6.07) is 23.6. The van der Waals surface area contributed by atoms with Gasteiger partial charge in [0.15, 0.2) is 5.11 Å². The standard InChI is InChI=1S/C26H31N7S/c1-19-18-20(2)29-24(28-19)30-25(31-26(34)27-3)33-16-14-32(15-17-33)23(21-10-6-4-7-11-21)22-12-8-5-9-13-22/h4-13,18,23H,14-17H2,1-3H3,(H2,27,28,29,30,31,34). The molecule has 4 rings (SSSR count). The van der Waals surface area contributed by atoms with E-state index >= 15 is 0 Å². The highest BCUT2D eigenvalue weighted by atomic mass is 32.1. The van der Waals surface area contributed by atoms with E-state index in [1.165, 1.54) is 11.1 Å². The van der Waals surface area contributed by atoms with E-state index in [-0.39, 0.29) is 6.04 Å². The van der Waals surface area contributed by atoms with Crippen LogP contribution in [0.1, 0.15) is 28.6 Å². The molecule has 1 aliphatic rings. The first-order valence-electron chi connectivity index (χ1n) is 11.5. The summed E-state index contributed by atoms with van der Waals surface area (Å²) in [5.41, 5.74) is 4.41. The fourth-order valence-corrected chi connectivity index (χ4v) is 4.37. The molecule has 3 aromatic rings. The van der Waals surface area contributed by atoms with Gasteiger partial charge in [-0.3, -0.25) is 10.2 Å². The fraction of sp³-hybridized carbons (Fsp3) is 0.308. The minimum atomic E-state index is 0.207. The van der Waals surface area contributed by atoms with Gasteiger partial charge in [0.25, 0.3) is 0 Å². The number of aromatic nitrogens is 2. The molecule has 1 fully saturated rings. The highest BCUT2D eigenvalue weighted by Gasteiger charge is 2.28. The maximum Gasteiger partial charge on any atom is 0.229 e. The molecule has 34 heavy (non-hydrogen) atoms. The number of aryl methyl sites for hydroxylation is 2. The SMILES string of the molecule is CNC(=S)/N=C(/Nc1nc(C)cc(C)n1)N1CCN(C(c2ccccc2)c2ccccc2)CC1. The molecule has 2 aromatic carbocycles. The number of piperazine rings is 1. The lowest BCUT2D eigenvalue weighted by Gasteiger charge is -2.40. The van der Waals surface area contributed by atoms with Crippen LogP contribution in [0.2, 0.25) is 0 Å². The van der Waals surface area contributed by atoms with Crippen molar-refractivity contribution in [3.8, 4) is 0 Å². The summed E-state index contributed by atoms with van der Waals surface area (Å²) in [6.07, 6.45) is 0. The number of thiocarbonyl (C=S) groups is 1. The second-order valence-corrected chi connectivity index (χ2v) is 8.72. The summed E-state index contributed by atoms with van der Waals surface area (Å²) in [4.78, 5) is 18.4. The van der Waals surface area contributed by atoms with Gasteiger partial charge in [0.1, 0.15) is 0 Å². The number of guanidine groups is 1. The molecule has 0 spiro atoms. The third-order valence-corrected chi connectivity index (χ3v) is 6.13. The van der Waals surface area contributed by atoms with Crippen molar-refractivity contribution in [2.24, 2.45) is 4.99 Å². The van der Waals surface area contributed by atoms with Crippen molar-refractivity contribution in [3.05, 3.63) is 89.2 Å². The summed E-state index contributed by atoms with van der Waals surface area (Å²) in [5.74, 6) is 1.20. The van der Waals surface area contributed by atoms with E-state index in [0.29, 0.717) is 17.0 Å². The Hall–Kier alpha value is -3.36. The molecule has 2 N–H and O–H groups in total. The molecule has 0 bridgehead atoms. The van der Waals surface area contributed by atoms with Crippen LogP contribution in [0.25, 0.3) is 0 Å². The van der Waals surface area contributed by atoms with E-state index in [0.717, 1.165) is 37.6 Å². The van der Waals surface area contributed by atoms with Gasteiger partial charge < -0.3 is 10.2 Å². The second kappa shape index (κ2) is 11.2. The first kappa shape index (κ1) is 23.8. The maximum atomic E-state index is 5.34. The van der Waals surface area contributed by atoms with Gasteiger partial charge in [0.05, 0.1) is 6.04 Å². The molecular weight excluding hydrogens is 442 g/mol. The van der Waals surface area contributed by atoms with Gasteiger partial charge in [-0.15, -0.1) is 0 Å². The largest absolute Gasteiger partial charge is 0.364 e. The number of benzene rings is 2. The van der Waals surface area contributed by atoms with Crippen LogP contribution < -0.4 is 10.6 Å². The van der Waals surface area contributed by atoms with Crippen molar-refractivity contribution in [1.82, 2.24) is 25.1 Å². The smallest absolute Gasteiger partial charge is 0.229 e. The number of anilines is 1. The van der Waals surface area contributed by atoms with Crippen molar-refractivity contribution in [2.75, 3.05) is 38.5 Å². The van der Waals surface area contributed by atoms with Gasteiger partial charge >= 0.3 is 0 Å². The topological polar surface area (TPSA) is 68.7 Å². The van der Waals surface area contributed by atoms with Crippen LogP contribution in [0.4, 0.5) is 5.95 Å². The molecule has 1 saturated heterocycles. The quantitative estimate of drug-likeness (QED) is 0.340. The van der Waals surface area contributed by atoms with Gasteiger partial charge in [-0.05, 0) is 43.3 Å². The molecule has 1 aliphatic heterocycles. The summed E-state index contributed by atoms with van der Waals surface area (Å²) in [7, 11) is 1.78. The van der Waals surface area contributed by atoms with E-state index in [1.807, 2.05) is 19.9 Å². The Kier molecular flexibility index (Phi) is 7.82. The van der Waals surface area contributed by atoms with Gasteiger partial charge in [0, 0.05) is 44.6 Å². The first-order chi connectivity index (χ1) is 16.5. The van der Waals surface area contributed by atoms with Crippen LogP contribution in [0.3, 0.4) is 0 Å². The van der Waals surface area contributed by atoms with E-state index < -0.39 is 0 Å². The third kappa shape index (κ3) is 5.95. The van der Waals surface area contributed by atoms with Gasteiger partial charge in [-0.2, -0.15) is 4.99 Å². The number of nitrogens with zero attached hydrogens (tertiary/aromatic N) is 5. The molecule has 7 nitrogen and oxygen atoms in total. The van der Waals surface area contributed by atoms with Crippen LogP contribution >= 0.6 is 12.2 Å². The zero-order valence-electron chi connectivity index (χ0n) is 19.9. The number of hydrogen-bond acceptors (Lipinski definition) is 4. The Bertz CT molecular complexity index is 1070. The molecule has 8 heteroatoms. The van der Waals surface area contributed by atoms with E-state index in [4.69, 9.17) is 12.2 Å². The van der Waals surface area contributed by atoms with Crippen molar-refractivity contribution in [3.63, 3.8) is 0 Å². The summed E-state index contributed by atoms with van der Waals surface area (Å²) < 4.78 is 0.